The predicted octanol–water partition coefficient (Wildman–Crippen LogP) is 3.64. The fraction of sp³-hybridized carbons (Fsp3) is 0.368. The van der Waals surface area contributed by atoms with E-state index >= 15 is 0 Å². The average molecular weight is 375 g/mol. The average Bonchev–Trinajstić information content (AvgIpc) is 2.64. The Labute approximate surface area is 156 Å². The van der Waals surface area contributed by atoms with Gasteiger partial charge in [0.1, 0.15) is 0 Å². The van der Waals surface area contributed by atoms with Crippen molar-refractivity contribution in [3.8, 4) is 0 Å². The molecular formula is C19H26N4O2S. The fourth-order valence-corrected chi connectivity index (χ4v) is 3.55. The Bertz CT molecular complexity index is 812. The Morgan fingerprint density at radius 1 is 0.808 bits per heavy atom. The third-order valence-electron chi connectivity index (χ3n) is 4.49. The van der Waals surface area contributed by atoms with Gasteiger partial charge in [-0.1, -0.05) is 0 Å². The highest BCUT2D eigenvalue weighted by Crippen LogP contribution is 2.24. The van der Waals surface area contributed by atoms with Gasteiger partial charge in [0.05, 0.1) is 0 Å². The molecule has 2 aromatic carbocycles. The van der Waals surface area contributed by atoms with Gasteiger partial charge in [0, 0.05) is 49.9 Å². The van der Waals surface area contributed by atoms with Crippen LogP contribution in [0.1, 0.15) is 19.3 Å². The van der Waals surface area contributed by atoms with Crippen molar-refractivity contribution in [2.45, 2.75) is 19.3 Å². The molecule has 1 heterocycles. The maximum absolute atomic E-state index is 11.8. The van der Waals surface area contributed by atoms with E-state index in [1.165, 1.54) is 39.0 Å². The molecule has 1 aliphatic rings. The Morgan fingerprint density at radius 2 is 1.31 bits per heavy atom. The molecule has 0 aliphatic carbocycles. The molecule has 26 heavy (non-hydrogen) atoms. The molecule has 7 heteroatoms. The van der Waals surface area contributed by atoms with Crippen LogP contribution in [0.5, 0.6) is 0 Å². The van der Waals surface area contributed by atoms with Crippen molar-refractivity contribution in [2.75, 3.05) is 42.1 Å². The highest BCUT2D eigenvalue weighted by molar-refractivity contribution is 7.90. The summed E-state index contributed by atoms with van der Waals surface area (Å²) in [5.41, 5.74) is 3.71. The number of rotatable bonds is 6. The molecule has 1 aliphatic heterocycles. The first kappa shape index (κ1) is 18.5. The maximum Gasteiger partial charge on any atom is 0.301 e. The van der Waals surface area contributed by atoms with Crippen LogP contribution in [-0.4, -0.2) is 39.9 Å². The topological polar surface area (TPSA) is 64.7 Å². The molecule has 0 aromatic heterocycles. The third-order valence-corrected chi connectivity index (χ3v) is 5.94. The van der Waals surface area contributed by atoms with Gasteiger partial charge in [0.15, 0.2) is 0 Å². The zero-order valence-electron chi connectivity index (χ0n) is 15.3. The van der Waals surface area contributed by atoms with Gasteiger partial charge in [-0.25, -0.2) is 0 Å². The van der Waals surface area contributed by atoms with Crippen LogP contribution in [0.15, 0.2) is 48.5 Å². The summed E-state index contributed by atoms with van der Waals surface area (Å²) in [5, 5.41) is 3.34. The second kappa shape index (κ2) is 7.97. The van der Waals surface area contributed by atoms with Crippen LogP contribution >= 0.6 is 0 Å². The highest BCUT2D eigenvalue weighted by atomic mass is 32.2. The van der Waals surface area contributed by atoms with Crippen LogP contribution in [0.25, 0.3) is 0 Å². The van der Waals surface area contributed by atoms with Crippen molar-refractivity contribution < 1.29 is 8.42 Å². The molecule has 2 N–H and O–H groups in total. The van der Waals surface area contributed by atoms with E-state index in [9.17, 15) is 8.42 Å². The number of hydrogen-bond acceptors (Lipinski definition) is 4. The summed E-state index contributed by atoms with van der Waals surface area (Å²) in [6.07, 6.45) is 3.87. The van der Waals surface area contributed by atoms with Crippen molar-refractivity contribution in [3.63, 3.8) is 0 Å². The summed E-state index contributed by atoms with van der Waals surface area (Å²) in [6, 6.07) is 15.6. The van der Waals surface area contributed by atoms with Crippen LogP contribution in [0, 0.1) is 0 Å². The number of nitrogens with zero attached hydrogens (tertiary/aromatic N) is 2. The van der Waals surface area contributed by atoms with Gasteiger partial charge in [0.2, 0.25) is 0 Å². The van der Waals surface area contributed by atoms with Gasteiger partial charge in [-0.15, -0.1) is 0 Å². The number of piperidine rings is 1. The monoisotopic (exact) mass is 374 g/mol. The molecule has 0 unspecified atom stereocenters. The molecule has 0 spiro atoms. The van der Waals surface area contributed by atoms with Crippen molar-refractivity contribution in [3.05, 3.63) is 48.5 Å². The summed E-state index contributed by atoms with van der Waals surface area (Å²) >= 11 is 0. The van der Waals surface area contributed by atoms with Crippen molar-refractivity contribution in [2.24, 2.45) is 0 Å². The Kier molecular flexibility index (Phi) is 5.68. The van der Waals surface area contributed by atoms with Gasteiger partial charge in [-0.05, 0) is 67.8 Å². The molecule has 6 nitrogen and oxygen atoms in total. The number of hydrogen-bond donors (Lipinski definition) is 2. The first-order valence-electron chi connectivity index (χ1n) is 8.86. The van der Waals surface area contributed by atoms with Gasteiger partial charge >= 0.3 is 10.2 Å². The van der Waals surface area contributed by atoms with Crippen molar-refractivity contribution in [1.29, 1.82) is 0 Å². The zero-order valence-corrected chi connectivity index (χ0v) is 16.1. The van der Waals surface area contributed by atoms with E-state index in [1.54, 1.807) is 12.1 Å². The lowest BCUT2D eigenvalue weighted by Gasteiger charge is -2.28. The number of nitrogens with one attached hydrogen (secondary N) is 2. The van der Waals surface area contributed by atoms with Crippen LogP contribution in [0.3, 0.4) is 0 Å². The molecule has 0 radical (unpaired) electrons. The normalized spacial score (nSPS) is 15.1. The molecule has 0 bridgehead atoms. The zero-order chi connectivity index (χ0) is 18.6. The minimum absolute atomic E-state index is 0.532. The summed E-state index contributed by atoms with van der Waals surface area (Å²) < 4.78 is 27.3. The first-order valence-corrected chi connectivity index (χ1v) is 10.3. The molecule has 0 amide bonds. The smallest absolute Gasteiger partial charge is 0.301 e. The third kappa shape index (κ3) is 4.68. The lowest BCUT2D eigenvalue weighted by atomic mass is 10.1. The second-order valence-corrected chi connectivity index (χ2v) is 8.57. The molecule has 140 valence electrons. The van der Waals surface area contributed by atoms with Gasteiger partial charge in [-0.3, -0.25) is 4.72 Å². The minimum atomic E-state index is -3.48. The molecule has 0 saturated carbocycles. The van der Waals surface area contributed by atoms with Crippen LogP contribution in [0.4, 0.5) is 22.7 Å². The molecule has 1 fully saturated rings. The lowest BCUT2D eigenvalue weighted by Crippen LogP contribution is -2.29. The quantitative estimate of drug-likeness (QED) is 0.810. The van der Waals surface area contributed by atoms with Crippen LogP contribution in [-0.2, 0) is 10.2 Å². The van der Waals surface area contributed by atoms with E-state index in [-0.39, 0.29) is 0 Å². The van der Waals surface area contributed by atoms with E-state index < -0.39 is 10.2 Å². The molecule has 3 rings (SSSR count). The number of anilines is 4. The van der Waals surface area contributed by atoms with Crippen LogP contribution in [0.2, 0.25) is 0 Å². The van der Waals surface area contributed by atoms with Crippen LogP contribution < -0.4 is 14.9 Å². The largest absolute Gasteiger partial charge is 0.372 e. The van der Waals surface area contributed by atoms with Gasteiger partial charge < -0.3 is 10.2 Å². The molecule has 1 saturated heterocycles. The SMILES string of the molecule is CN(C)S(=O)(=O)Nc1ccc(Nc2ccc(N3CCCCC3)cc2)cc1. The van der Waals surface area contributed by atoms with Crippen molar-refractivity contribution >= 4 is 33.0 Å². The van der Waals surface area contributed by atoms with Gasteiger partial charge in [0.25, 0.3) is 0 Å². The van der Waals surface area contributed by atoms with E-state index in [2.05, 4.69) is 39.2 Å². The molecular weight excluding hydrogens is 348 g/mol. The lowest BCUT2D eigenvalue weighted by molar-refractivity contribution is 0.527. The maximum atomic E-state index is 11.8. The first-order chi connectivity index (χ1) is 12.4. The predicted molar refractivity (Wildman–Crippen MR) is 108 cm³/mol. The molecule has 2 aromatic rings. The van der Waals surface area contributed by atoms with Crippen molar-refractivity contribution in [1.82, 2.24) is 4.31 Å². The standard InChI is InChI=1S/C19H26N4O2S/c1-22(2)26(24,25)21-18-8-6-16(7-9-18)20-17-10-12-19(13-11-17)23-14-4-3-5-15-23/h6-13,20-21H,3-5,14-15H2,1-2H3. The Morgan fingerprint density at radius 3 is 1.85 bits per heavy atom. The Hall–Kier alpha value is -2.25. The molecule has 0 atom stereocenters. The van der Waals surface area contributed by atoms with Gasteiger partial charge in [-0.2, -0.15) is 12.7 Å². The summed E-state index contributed by atoms with van der Waals surface area (Å²) in [6.45, 7) is 2.27. The van der Waals surface area contributed by atoms with E-state index in [4.69, 9.17) is 0 Å². The van der Waals surface area contributed by atoms with E-state index in [0.29, 0.717) is 5.69 Å². The fourth-order valence-electron chi connectivity index (χ4n) is 2.94. The summed E-state index contributed by atoms with van der Waals surface area (Å²) in [4.78, 5) is 2.43. The number of benzene rings is 2. The van der Waals surface area contributed by atoms with E-state index in [1.807, 2.05) is 12.1 Å². The summed E-state index contributed by atoms with van der Waals surface area (Å²) in [5.74, 6) is 0. The Balaban J connectivity index is 1.62. The second-order valence-electron chi connectivity index (χ2n) is 6.69. The van der Waals surface area contributed by atoms with E-state index in [0.717, 1.165) is 28.8 Å². The summed E-state index contributed by atoms with van der Waals surface area (Å²) in [7, 11) is -0.497. The minimum Gasteiger partial charge on any atom is -0.372 e. The highest BCUT2D eigenvalue weighted by Gasteiger charge is 2.13.